The first-order valence-corrected chi connectivity index (χ1v) is 37.6. The van der Waals surface area contributed by atoms with Crippen LogP contribution >= 0.6 is 11.6 Å². The zero-order chi connectivity index (χ0) is 69.0. The number of aryl methyl sites for hydroxylation is 4. The van der Waals surface area contributed by atoms with E-state index in [9.17, 15) is 15.3 Å². The molecule has 0 amide bonds. The molecular weight excluding hydrogens is 1290 g/mol. The number of aromatic nitrogens is 12. The maximum atomic E-state index is 10.8. The summed E-state index contributed by atoms with van der Waals surface area (Å²) in [6.45, 7) is 15.8. The van der Waals surface area contributed by atoms with E-state index in [4.69, 9.17) is 16.6 Å². The van der Waals surface area contributed by atoms with Crippen molar-refractivity contribution in [3.05, 3.63) is 237 Å². The number of rotatable bonds is 12. The Morgan fingerprint density at radius 3 is 1.45 bits per heavy atom. The maximum Gasteiger partial charge on any atom is 0.140 e. The van der Waals surface area contributed by atoms with Crippen molar-refractivity contribution >= 4 is 55.7 Å². The van der Waals surface area contributed by atoms with E-state index in [1.165, 1.54) is 162 Å². The second-order valence-corrected chi connectivity index (χ2v) is 30.0. The molecule has 4 saturated heterocycles. The first kappa shape index (κ1) is 66.6. The van der Waals surface area contributed by atoms with E-state index in [1.54, 1.807) is 43.4 Å². The highest BCUT2D eigenvalue weighted by Gasteiger charge is 2.39. The van der Waals surface area contributed by atoms with Crippen LogP contribution in [0.2, 0.25) is 5.02 Å². The molecule has 0 aliphatic carbocycles. The van der Waals surface area contributed by atoms with Gasteiger partial charge in [-0.25, -0.2) is 19.9 Å². The molecule has 0 bridgehead atoms. The summed E-state index contributed by atoms with van der Waals surface area (Å²) in [5, 5.41) is 37.9. The predicted octanol–water partition coefficient (Wildman–Crippen LogP) is 12.7. The molecule has 8 aliphatic heterocycles. The van der Waals surface area contributed by atoms with E-state index in [1.807, 2.05) is 86.3 Å². The zero-order valence-electron chi connectivity index (χ0n) is 58.5. The number of halogens is 1. The van der Waals surface area contributed by atoms with Crippen LogP contribution in [0.5, 0.6) is 0 Å². The summed E-state index contributed by atoms with van der Waals surface area (Å²) in [5.74, 6) is 0. The van der Waals surface area contributed by atoms with E-state index >= 15 is 0 Å². The minimum atomic E-state index is -0.586. The molecule has 20 heteroatoms. The molecule has 20 rings (SSSR count). The molecule has 7 unspecified atom stereocenters. The quantitative estimate of drug-likeness (QED) is 0.104. The van der Waals surface area contributed by atoms with Crippen LogP contribution in [0.25, 0.3) is 44.1 Å². The largest absolute Gasteiger partial charge is 0.387 e. The van der Waals surface area contributed by atoms with Crippen LogP contribution < -0.4 is 0 Å². The smallest absolute Gasteiger partial charge is 0.140 e. The monoisotopic (exact) mass is 1380 g/mol. The van der Waals surface area contributed by atoms with Crippen LogP contribution in [0.15, 0.2) is 153 Å². The van der Waals surface area contributed by atoms with Gasteiger partial charge in [-0.2, -0.15) is 0 Å². The molecule has 0 spiro atoms. The molecule has 19 nitrogen and oxygen atoms in total. The van der Waals surface area contributed by atoms with Crippen molar-refractivity contribution in [3.63, 3.8) is 0 Å². The first-order chi connectivity index (χ1) is 50.0. The van der Waals surface area contributed by atoms with Gasteiger partial charge in [0.25, 0.3) is 0 Å². The molecule has 12 aromatic rings. The number of hydrogen-bond donors (Lipinski definition) is 3. The lowest BCUT2D eigenvalue weighted by Crippen LogP contribution is -2.36. The van der Waals surface area contributed by atoms with Crippen molar-refractivity contribution in [1.82, 2.24) is 77.7 Å². The van der Waals surface area contributed by atoms with Crippen LogP contribution in [0, 0.1) is 13.8 Å². The maximum absolute atomic E-state index is 10.8. The Morgan fingerprint density at radius 2 is 0.902 bits per heavy atom. The molecule has 524 valence electrons. The van der Waals surface area contributed by atoms with Crippen LogP contribution in [0.3, 0.4) is 0 Å². The Kier molecular flexibility index (Phi) is 18.9. The van der Waals surface area contributed by atoms with Gasteiger partial charge in [0.05, 0.1) is 43.0 Å². The molecule has 4 fully saturated rings. The van der Waals surface area contributed by atoms with Crippen molar-refractivity contribution in [2.24, 2.45) is 0 Å². The lowest BCUT2D eigenvalue weighted by molar-refractivity contribution is 0.154. The van der Waals surface area contributed by atoms with Crippen molar-refractivity contribution in [2.75, 3.05) is 32.7 Å². The minimum absolute atomic E-state index is 0.497. The second-order valence-electron chi connectivity index (χ2n) is 29.6. The van der Waals surface area contributed by atoms with E-state index in [-0.39, 0.29) is 0 Å². The van der Waals surface area contributed by atoms with Crippen molar-refractivity contribution in [1.29, 1.82) is 0 Å². The molecule has 0 saturated carbocycles. The summed E-state index contributed by atoms with van der Waals surface area (Å²) in [6, 6.07) is 30.9. The van der Waals surface area contributed by atoms with Crippen LogP contribution in [-0.2, 0) is 77.9 Å². The summed E-state index contributed by atoms with van der Waals surface area (Å²) >= 11 is 6.24. The molecule has 3 N–H and O–H groups in total. The van der Waals surface area contributed by atoms with E-state index in [0.29, 0.717) is 42.8 Å². The highest BCUT2D eigenvalue weighted by molar-refractivity contribution is 6.31. The van der Waals surface area contributed by atoms with E-state index in [2.05, 4.69) is 110 Å². The van der Waals surface area contributed by atoms with E-state index in [0.717, 1.165) is 109 Å². The normalized spacial score (nSPS) is 20.8. The first-order valence-electron chi connectivity index (χ1n) is 37.2. The third-order valence-electron chi connectivity index (χ3n) is 23.5. The van der Waals surface area contributed by atoms with Gasteiger partial charge in [-0.15, -0.1) is 0 Å². The van der Waals surface area contributed by atoms with Crippen molar-refractivity contribution in [2.45, 2.75) is 186 Å². The van der Waals surface area contributed by atoms with Crippen LogP contribution in [-0.4, -0.2) is 144 Å². The SMILES string of the molecule is Cc1cnc2c(c1)c1c(n2CCc2ccc(C)nc2)CC2CCCN2C1.OC(Cn1c2c(c3cc(Cl)cnc31)CN1CCCC1C2)c1ccncc1.OC(Cn1c2c(c3cccnc31)C1CCCN1CC2)c1ccncc1.OC(Cn1c2c(c3cccnc31)CN1CCCC1C2)c1ccncc1. The van der Waals surface area contributed by atoms with Gasteiger partial charge in [-0.05, 0) is 227 Å². The number of aliphatic hydroxyl groups excluding tert-OH is 3. The summed E-state index contributed by atoms with van der Waals surface area (Å²) in [6.07, 6.45) is 33.7. The van der Waals surface area contributed by atoms with Gasteiger partial charge in [0, 0.05) is 201 Å². The fraction of sp³-hybridized carbons (Fsp3) is 0.415. The zero-order valence-corrected chi connectivity index (χ0v) is 59.3. The average Bonchev–Trinajstić information content (AvgIpc) is 1.61. The van der Waals surface area contributed by atoms with Crippen LogP contribution in [0.1, 0.15) is 154 Å². The molecule has 0 aromatic carbocycles. The number of hydrogen-bond acceptors (Lipinski definition) is 15. The van der Waals surface area contributed by atoms with Crippen LogP contribution in [0.4, 0.5) is 0 Å². The van der Waals surface area contributed by atoms with Gasteiger partial charge >= 0.3 is 0 Å². The van der Waals surface area contributed by atoms with Crippen molar-refractivity contribution < 1.29 is 15.3 Å². The topological polar surface area (TPSA) is 196 Å². The van der Waals surface area contributed by atoms with Gasteiger partial charge in [-0.3, -0.25) is 39.5 Å². The molecular formula is C82H91ClN16O3. The van der Waals surface area contributed by atoms with Gasteiger partial charge in [0.1, 0.15) is 22.6 Å². The Labute approximate surface area is 600 Å². The third-order valence-corrected chi connectivity index (χ3v) is 23.7. The summed E-state index contributed by atoms with van der Waals surface area (Å²) in [7, 11) is 0. The number of nitrogens with zero attached hydrogens (tertiary/aromatic N) is 16. The van der Waals surface area contributed by atoms with Gasteiger partial charge < -0.3 is 33.6 Å². The molecule has 102 heavy (non-hydrogen) atoms. The molecule has 20 heterocycles. The lowest BCUT2D eigenvalue weighted by atomic mass is 9.96. The standard InChI is InChI=1S/C22H26N4.C20H21ClN4O.2C20H22N4O/c1-15-10-19-20-14-25-8-3-4-18(25)11-21(20)26(22(19)24-12-15)9-7-17-6-5-16(2)23-13-17;21-14-8-16-17-11-24-7-1-2-15(24)9-18(17)25(20(16)23-10-14)12-19(26)13-3-5-22-6-4-13;25-19(14-5-8-21-9-6-14)13-24-18-11-15-3-2-10-23(15)12-17(18)16-4-1-7-22-20(16)24;25-18(14-5-9-21-10-6-14)13-24-17-7-12-23-11-2-4-16(23)19(17)15-3-1-8-22-20(15)24/h5-6,10,12-13,18H,3-4,7-9,11,14H2,1-2H3;3-6,8,10,15,19,26H,1-2,7,9,11-12H2;1,4-9,15,19,25H,2-3,10-13H2;1,3,5-6,8-10,16,18,25H,2,4,7,11-13H2. The molecule has 12 aromatic heterocycles. The average molecular weight is 1380 g/mol. The Hall–Kier alpha value is -8.63. The minimum Gasteiger partial charge on any atom is -0.387 e. The van der Waals surface area contributed by atoms with Crippen molar-refractivity contribution in [3.8, 4) is 0 Å². The molecule has 0 radical (unpaired) electrons. The summed E-state index contributed by atoms with van der Waals surface area (Å²) in [5.41, 5.74) is 21.7. The Bertz CT molecular complexity index is 4960. The number of pyridine rings is 8. The van der Waals surface area contributed by atoms with E-state index < -0.39 is 18.3 Å². The Morgan fingerprint density at radius 1 is 0.441 bits per heavy atom. The van der Waals surface area contributed by atoms with Gasteiger partial charge in [0.2, 0.25) is 0 Å². The second kappa shape index (κ2) is 28.9. The molecule has 8 aliphatic rings. The number of aliphatic hydroxyl groups is 3. The number of fused-ring (bicyclic) bond motifs is 17. The highest BCUT2D eigenvalue weighted by Crippen LogP contribution is 2.45. The third kappa shape index (κ3) is 13.0. The summed E-state index contributed by atoms with van der Waals surface area (Å²) < 4.78 is 9.22. The summed E-state index contributed by atoms with van der Waals surface area (Å²) in [4.78, 5) is 45.8. The molecule has 7 atom stereocenters. The van der Waals surface area contributed by atoms with Gasteiger partial charge in [0.15, 0.2) is 0 Å². The fourth-order valence-corrected chi connectivity index (χ4v) is 18.6. The lowest BCUT2D eigenvalue weighted by Gasteiger charge is -2.31. The fourth-order valence-electron chi connectivity index (χ4n) is 18.4. The van der Waals surface area contributed by atoms with Gasteiger partial charge in [-0.1, -0.05) is 17.7 Å². The highest BCUT2D eigenvalue weighted by atomic mass is 35.5. The Balaban J connectivity index is 0.000000101. The predicted molar refractivity (Wildman–Crippen MR) is 398 cm³/mol.